The highest BCUT2D eigenvalue weighted by Crippen LogP contribution is 2.45. The van der Waals surface area contributed by atoms with Gasteiger partial charge in [-0.1, -0.05) is 0 Å². The molecule has 2 rings (SSSR count). The maximum atomic E-state index is 12.4. The van der Waals surface area contributed by atoms with Gasteiger partial charge in [-0.3, -0.25) is 0 Å². The molecular formula is C16H18Br2N2O5. The van der Waals surface area contributed by atoms with Gasteiger partial charge in [0, 0.05) is 10.2 Å². The van der Waals surface area contributed by atoms with E-state index < -0.39 is 18.0 Å². The van der Waals surface area contributed by atoms with Crippen LogP contribution in [0.25, 0.3) is 0 Å². The first-order valence-corrected chi connectivity index (χ1v) is 9.19. The maximum Gasteiger partial charge on any atom is 0.338 e. The summed E-state index contributed by atoms with van der Waals surface area (Å²) in [5, 5.41) is 15.5. The molecule has 1 aliphatic heterocycles. The molecule has 1 aliphatic rings. The smallest absolute Gasteiger partial charge is 0.338 e. The van der Waals surface area contributed by atoms with Gasteiger partial charge in [-0.2, -0.15) is 0 Å². The molecule has 1 aromatic carbocycles. The minimum absolute atomic E-state index is 0.0730. The Balaban J connectivity index is 2.62. The van der Waals surface area contributed by atoms with E-state index >= 15 is 0 Å². The van der Waals surface area contributed by atoms with Crippen molar-refractivity contribution in [3.8, 4) is 11.5 Å². The van der Waals surface area contributed by atoms with Crippen molar-refractivity contribution in [1.82, 2.24) is 10.6 Å². The fraction of sp³-hybridized carbons (Fsp3) is 0.375. The molecule has 0 saturated heterocycles. The van der Waals surface area contributed by atoms with Crippen molar-refractivity contribution in [3.05, 3.63) is 31.8 Å². The number of rotatable bonds is 5. The largest absolute Gasteiger partial charge is 0.503 e. The van der Waals surface area contributed by atoms with Gasteiger partial charge in [0.2, 0.25) is 0 Å². The molecule has 1 aromatic rings. The van der Waals surface area contributed by atoms with Crippen LogP contribution in [0.3, 0.4) is 0 Å². The fourth-order valence-electron chi connectivity index (χ4n) is 2.49. The van der Waals surface area contributed by atoms with E-state index in [-0.39, 0.29) is 23.7 Å². The van der Waals surface area contributed by atoms with Crippen LogP contribution in [0.4, 0.5) is 4.79 Å². The summed E-state index contributed by atoms with van der Waals surface area (Å²) in [4.78, 5) is 24.3. The van der Waals surface area contributed by atoms with Crippen molar-refractivity contribution < 1.29 is 24.2 Å². The van der Waals surface area contributed by atoms with Gasteiger partial charge in [-0.05, 0) is 64.3 Å². The van der Waals surface area contributed by atoms with Crippen LogP contribution in [0, 0.1) is 0 Å². The van der Waals surface area contributed by atoms with Crippen molar-refractivity contribution in [2.75, 3.05) is 13.2 Å². The summed E-state index contributed by atoms with van der Waals surface area (Å²) < 4.78 is 11.4. The molecule has 0 spiro atoms. The minimum Gasteiger partial charge on any atom is -0.503 e. The van der Waals surface area contributed by atoms with Crippen LogP contribution in [0.1, 0.15) is 32.4 Å². The second-order valence-corrected chi connectivity index (χ2v) is 6.75. The molecule has 1 heterocycles. The molecule has 0 fully saturated rings. The average molecular weight is 478 g/mol. The zero-order chi connectivity index (χ0) is 18.7. The number of carbonyl (C=O) groups excluding carboxylic acids is 2. The maximum absolute atomic E-state index is 12.4. The molecule has 7 nitrogen and oxygen atoms in total. The highest BCUT2D eigenvalue weighted by atomic mass is 79.9. The molecule has 9 heteroatoms. The number of amides is 2. The Hall–Kier alpha value is -1.74. The van der Waals surface area contributed by atoms with E-state index in [2.05, 4.69) is 42.5 Å². The standard InChI is InChI=1S/C16H18Br2N2O5/c1-4-24-9-6-8(11(17)12(18)14(9)21)13-10(15(22)25-5-2)7(3)19-16(23)20-13/h6,13,21H,4-5H2,1-3H3,(H2,19,20,23)/t13-/m0/s1. The molecule has 0 aromatic heterocycles. The molecule has 2 amide bonds. The third-order valence-corrected chi connectivity index (χ3v) is 5.71. The van der Waals surface area contributed by atoms with Crippen molar-refractivity contribution in [2.45, 2.75) is 26.8 Å². The number of hydrogen-bond donors (Lipinski definition) is 3. The monoisotopic (exact) mass is 476 g/mol. The number of nitrogens with one attached hydrogen (secondary N) is 2. The lowest BCUT2D eigenvalue weighted by Gasteiger charge is -2.29. The van der Waals surface area contributed by atoms with Gasteiger partial charge in [0.15, 0.2) is 11.5 Å². The molecule has 0 bridgehead atoms. The van der Waals surface area contributed by atoms with Gasteiger partial charge in [-0.25, -0.2) is 9.59 Å². The van der Waals surface area contributed by atoms with Crippen LogP contribution >= 0.6 is 31.9 Å². The molecule has 0 radical (unpaired) electrons. The highest BCUT2D eigenvalue weighted by Gasteiger charge is 2.34. The number of benzene rings is 1. The number of hydrogen-bond acceptors (Lipinski definition) is 5. The van der Waals surface area contributed by atoms with Crippen LogP contribution in [-0.2, 0) is 9.53 Å². The Morgan fingerprint density at radius 3 is 2.56 bits per heavy atom. The van der Waals surface area contributed by atoms with Crippen molar-refractivity contribution in [1.29, 1.82) is 0 Å². The Morgan fingerprint density at radius 2 is 1.96 bits per heavy atom. The number of carbonyl (C=O) groups is 2. The van der Waals surface area contributed by atoms with Gasteiger partial charge < -0.3 is 25.2 Å². The normalized spacial score (nSPS) is 17.0. The molecule has 1 atom stereocenters. The Kier molecular flexibility index (Phi) is 6.34. The molecule has 0 aliphatic carbocycles. The van der Waals surface area contributed by atoms with E-state index in [0.717, 1.165) is 0 Å². The summed E-state index contributed by atoms with van der Waals surface area (Å²) in [7, 11) is 0. The van der Waals surface area contributed by atoms with E-state index in [0.29, 0.717) is 26.8 Å². The number of esters is 1. The third kappa shape index (κ3) is 3.92. The van der Waals surface area contributed by atoms with Crippen LogP contribution in [-0.4, -0.2) is 30.3 Å². The lowest BCUT2D eigenvalue weighted by molar-refractivity contribution is -0.139. The first-order chi connectivity index (χ1) is 11.8. The second kappa shape index (κ2) is 8.09. The lowest BCUT2D eigenvalue weighted by atomic mass is 9.95. The van der Waals surface area contributed by atoms with E-state index in [9.17, 15) is 14.7 Å². The first-order valence-electron chi connectivity index (χ1n) is 7.60. The topological polar surface area (TPSA) is 96.9 Å². The fourth-order valence-corrected chi connectivity index (χ4v) is 3.45. The Morgan fingerprint density at radius 1 is 1.28 bits per heavy atom. The number of phenolic OH excluding ortho intramolecular Hbond substituents is 1. The predicted molar refractivity (Wildman–Crippen MR) is 98.4 cm³/mol. The molecular weight excluding hydrogens is 460 g/mol. The summed E-state index contributed by atoms with van der Waals surface area (Å²) >= 11 is 6.70. The quantitative estimate of drug-likeness (QED) is 0.564. The van der Waals surface area contributed by atoms with Crippen molar-refractivity contribution in [3.63, 3.8) is 0 Å². The van der Waals surface area contributed by atoms with Crippen molar-refractivity contribution in [2.24, 2.45) is 0 Å². The molecule has 0 unspecified atom stereocenters. The van der Waals surface area contributed by atoms with Crippen molar-refractivity contribution >= 4 is 43.9 Å². The number of aromatic hydroxyl groups is 1. The second-order valence-electron chi connectivity index (χ2n) is 5.16. The third-order valence-electron chi connectivity index (χ3n) is 3.55. The van der Waals surface area contributed by atoms with E-state index in [1.165, 1.54) is 0 Å². The molecule has 0 saturated carbocycles. The van der Waals surface area contributed by atoms with Gasteiger partial charge in [0.1, 0.15) is 0 Å². The van der Waals surface area contributed by atoms with E-state index in [1.807, 2.05) is 0 Å². The molecule has 136 valence electrons. The number of ether oxygens (including phenoxy) is 2. The van der Waals surface area contributed by atoms with Gasteiger partial charge in [-0.15, -0.1) is 0 Å². The van der Waals surface area contributed by atoms with Gasteiger partial charge in [0.25, 0.3) is 0 Å². The van der Waals surface area contributed by atoms with Gasteiger partial charge in [0.05, 0.1) is 29.3 Å². The first kappa shape index (κ1) is 19.6. The summed E-state index contributed by atoms with van der Waals surface area (Å²) in [5.74, 6) is -0.371. The van der Waals surface area contributed by atoms with Gasteiger partial charge >= 0.3 is 12.0 Å². The zero-order valence-corrected chi connectivity index (χ0v) is 17.1. The Labute approximate surface area is 162 Å². The summed E-state index contributed by atoms with van der Waals surface area (Å²) in [6, 6.07) is 0.374. The summed E-state index contributed by atoms with van der Waals surface area (Å²) in [6.07, 6.45) is 0. The molecule has 3 N–H and O–H groups in total. The Bertz CT molecular complexity index is 749. The summed E-state index contributed by atoms with van der Waals surface area (Å²) in [6.45, 7) is 5.68. The summed E-state index contributed by atoms with van der Waals surface area (Å²) in [5.41, 5.74) is 1.23. The number of halogens is 2. The average Bonchev–Trinajstić information content (AvgIpc) is 2.55. The highest BCUT2D eigenvalue weighted by molar-refractivity contribution is 9.13. The van der Waals surface area contributed by atoms with Crippen LogP contribution < -0.4 is 15.4 Å². The number of phenols is 1. The SMILES string of the molecule is CCOC(=O)C1=C(C)NC(=O)N[C@H]1c1cc(OCC)c(O)c(Br)c1Br. The van der Waals surface area contributed by atoms with Crippen LogP contribution in [0.15, 0.2) is 26.3 Å². The minimum atomic E-state index is -0.765. The predicted octanol–water partition coefficient (Wildman–Crippen LogP) is 3.51. The molecule has 25 heavy (non-hydrogen) atoms. The number of allylic oxidation sites excluding steroid dienone is 1. The van der Waals surface area contributed by atoms with Crippen LogP contribution in [0.5, 0.6) is 11.5 Å². The van der Waals surface area contributed by atoms with E-state index in [1.54, 1.807) is 26.8 Å². The zero-order valence-electron chi connectivity index (χ0n) is 13.9. The number of urea groups is 1. The van der Waals surface area contributed by atoms with E-state index in [4.69, 9.17) is 9.47 Å². The van der Waals surface area contributed by atoms with Crippen LogP contribution in [0.2, 0.25) is 0 Å². The lowest BCUT2D eigenvalue weighted by Crippen LogP contribution is -2.45.